The van der Waals surface area contributed by atoms with E-state index < -0.39 is 11.7 Å². The minimum Gasteiger partial charge on any atom is -0.444 e. The predicted molar refractivity (Wildman–Crippen MR) is 130 cm³/mol. The summed E-state index contributed by atoms with van der Waals surface area (Å²) < 4.78 is 5.24. The van der Waals surface area contributed by atoms with E-state index in [1.54, 1.807) is 69.3 Å². The van der Waals surface area contributed by atoms with Crippen molar-refractivity contribution >= 4 is 35.0 Å². The molecule has 0 spiro atoms. The van der Waals surface area contributed by atoms with Gasteiger partial charge in [-0.3, -0.25) is 14.9 Å². The van der Waals surface area contributed by atoms with Gasteiger partial charge in [0.25, 0.3) is 11.8 Å². The molecule has 170 valence electrons. The molecule has 3 amide bonds. The SMILES string of the molecule is Cc1cccc(NC(=O)c2ccc(C(=O)Nc3cccc(NC(=O)OC(C)(C)C)c3)cc2)c1. The zero-order valence-corrected chi connectivity index (χ0v) is 19.1. The third-order valence-corrected chi connectivity index (χ3v) is 4.45. The Morgan fingerprint density at radius 3 is 1.61 bits per heavy atom. The third kappa shape index (κ3) is 7.21. The highest BCUT2D eigenvalue weighted by Gasteiger charge is 2.16. The lowest BCUT2D eigenvalue weighted by atomic mass is 10.1. The number of amides is 3. The van der Waals surface area contributed by atoms with E-state index in [1.165, 1.54) is 0 Å². The Morgan fingerprint density at radius 1 is 0.667 bits per heavy atom. The number of nitrogens with one attached hydrogen (secondary N) is 3. The van der Waals surface area contributed by atoms with E-state index in [4.69, 9.17) is 4.74 Å². The summed E-state index contributed by atoms with van der Waals surface area (Å²) in [6, 6.07) is 20.6. The van der Waals surface area contributed by atoms with Crippen molar-refractivity contribution in [1.29, 1.82) is 0 Å². The molecule has 7 nitrogen and oxygen atoms in total. The maximum Gasteiger partial charge on any atom is 0.412 e. The van der Waals surface area contributed by atoms with Crippen molar-refractivity contribution in [2.45, 2.75) is 33.3 Å². The molecule has 0 bridgehead atoms. The average molecular weight is 446 g/mol. The van der Waals surface area contributed by atoms with Crippen molar-refractivity contribution in [3.63, 3.8) is 0 Å². The number of benzene rings is 3. The van der Waals surface area contributed by atoms with Gasteiger partial charge in [0.15, 0.2) is 0 Å². The van der Waals surface area contributed by atoms with Crippen LogP contribution < -0.4 is 16.0 Å². The maximum atomic E-state index is 12.6. The Labute approximate surface area is 193 Å². The Balaban J connectivity index is 1.61. The molecule has 3 aromatic rings. The van der Waals surface area contributed by atoms with E-state index in [0.717, 1.165) is 5.56 Å². The molecule has 33 heavy (non-hydrogen) atoms. The van der Waals surface area contributed by atoms with Crippen molar-refractivity contribution in [2.75, 3.05) is 16.0 Å². The van der Waals surface area contributed by atoms with Crippen LogP contribution in [0.5, 0.6) is 0 Å². The molecular weight excluding hydrogens is 418 g/mol. The molecule has 0 saturated carbocycles. The van der Waals surface area contributed by atoms with Crippen LogP contribution in [-0.2, 0) is 4.74 Å². The van der Waals surface area contributed by atoms with Crippen molar-refractivity contribution in [1.82, 2.24) is 0 Å². The number of carbonyl (C=O) groups is 3. The van der Waals surface area contributed by atoms with Crippen LogP contribution in [-0.4, -0.2) is 23.5 Å². The fourth-order valence-corrected chi connectivity index (χ4v) is 3.00. The highest BCUT2D eigenvalue weighted by atomic mass is 16.6. The van der Waals surface area contributed by atoms with Gasteiger partial charge in [-0.2, -0.15) is 0 Å². The van der Waals surface area contributed by atoms with Gasteiger partial charge in [-0.1, -0.05) is 18.2 Å². The van der Waals surface area contributed by atoms with Crippen LogP contribution in [0.3, 0.4) is 0 Å². The number of anilines is 3. The van der Waals surface area contributed by atoms with E-state index in [0.29, 0.717) is 28.2 Å². The van der Waals surface area contributed by atoms with Crippen molar-refractivity contribution in [3.8, 4) is 0 Å². The number of carbonyl (C=O) groups excluding carboxylic acids is 3. The summed E-state index contributed by atoms with van der Waals surface area (Å²) in [4.78, 5) is 37.0. The number of hydrogen-bond acceptors (Lipinski definition) is 4. The number of hydrogen-bond donors (Lipinski definition) is 3. The van der Waals surface area contributed by atoms with Crippen LogP contribution in [0.15, 0.2) is 72.8 Å². The minimum absolute atomic E-state index is 0.256. The van der Waals surface area contributed by atoms with E-state index in [9.17, 15) is 14.4 Å². The van der Waals surface area contributed by atoms with Gasteiger partial charge in [0, 0.05) is 28.2 Å². The van der Waals surface area contributed by atoms with E-state index in [-0.39, 0.29) is 11.8 Å². The van der Waals surface area contributed by atoms with Crippen LogP contribution in [0, 0.1) is 6.92 Å². The highest BCUT2D eigenvalue weighted by Crippen LogP contribution is 2.18. The molecule has 0 aliphatic carbocycles. The summed E-state index contributed by atoms with van der Waals surface area (Å²) in [5.41, 5.74) is 2.98. The molecule has 0 aliphatic heterocycles. The lowest BCUT2D eigenvalue weighted by molar-refractivity contribution is 0.0635. The van der Waals surface area contributed by atoms with Gasteiger partial charge in [0.1, 0.15) is 5.60 Å². The van der Waals surface area contributed by atoms with Crippen LogP contribution in [0.4, 0.5) is 21.9 Å². The van der Waals surface area contributed by atoms with Crippen LogP contribution >= 0.6 is 0 Å². The second-order valence-corrected chi connectivity index (χ2v) is 8.56. The monoisotopic (exact) mass is 445 g/mol. The second kappa shape index (κ2) is 9.99. The Kier molecular flexibility index (Phi) is 7.13. The van der Waals surface area contributed by atoms with Gasteiger partial charge in [-0.05, 0) is 87.9 Å². The lowest BCUT2D eigenvalue weighted by Crippen LogP contribution is -2.27. The molecule has 0 atom stereocenters. The predicted octanol–water partition coefficient (Wildman–Crippen LogP) is 5.85. The summed E-state index contributed by atoms with van der Waals surface area (Å²) in [5, 5.41) is 8.26. The molecule has 0 aliphatic rings. The average Bonchev–Trinajstić information content (AvgIpc) is 2.72. The van der Waals surface area contributed by atoms with Gasteiger partial charge >= 0.3 is 6.09 Å². The first kappa shape index (κ1) is 23.5. The molecule has 0 heterocycles. The standard InChI is InChI=1S/C26H27N3O4/c1-17-7-5-8-20(15-17)27-23(30)18-11-13-19(14-12-18)24(31)28-21-9-6-10-22(16-21)29-25(32)33-26(2,3)4/h5-16H,1-4H3,(H,27,30)(H,28,31)(H,29,32). The van der Waals surface area contributed by atoms with Crippen LogP contribution in [0.2, 0.25) is 0 Å². The summed E-state index contributed by atoms with van der Waals surface area (Å²) in [5.74, 6) is -0.594. The fraction of sp³-hybridized carbons (Fsp3) is 0.192. The first-order valence-corrected chi connectivity index (χ1v) is 10.5. The molecule has 3 aromatic carbocycles. The summed E-state index contributed by atoms with van der Waals surface area (Å²) >= 11 is 0. The topological polar surface area (TPSA) is 96.5 Å². The molecule has 3 N–H and O–H groups in total. The smallest absolute Gasteiger partial charge is 0.412 e. The molecule has 3 rings (SSSR count). The quantitative estimate of drug-likeness (QED) is 0.459. The first-order valence-electron chi connectivity index (χ1n) is 10.5. The zero-order valence-electron chi connectivity index (χ0n) is 19.1. The minimum atomic E-state index is -0.612. The summed E-state index contributed by atoms with van der Waals surface area (Å²) in [6.07, 6.45) is -0.578. The lowest BCUT2D eigenvalue weighted by Gasteiger charge is -2.19. The van der Waals surface area contributed by atoms with Gasteiger partial charge in [0.05, 0.1) is 0 Å². The maximum absolute atomic E-state index is 12.6. The molecule has 0 aromatic heterocycles. The normalized spacial score (nSPS) is 10.8. The van der Waals surface area contributed by atoms with Crippen LogP contribution in [0.1, 0.15) is 47.1 Å². The number of rotatable bonds is 5. The summed E-state index contributed by atoms with van der Waals surface area (Å²) in [7, 11) is 0. The van der Waals surface area contributed by atoms with Crippen molar-refractivity contribution < 1.29 is 19.1 Å². The van der Waals surface area contributed by atoms with Gasteiger partial charge < -0.3 is 15.4 Å². The molecular formula is C26H27N3O4. The fourth-order valence-electron chi connectivity index (χ4n) is 3.00. The molecule has 0 saturated heterocycles. The number of aryl methyl sites for hydroxylation is 1. The largest absolute Gasteiger partial charge is 0.444 e. The molecule has 0 fully saturated rings. The van der Waals surface area contributed by atoms with Crippen molar-refractivity contribution in [3.05, 3.63) is 89.5 Å². The van der Waals surface area contributed by atoms with E-state index >= 15 is 0 Å². The summed E-state index contributed by atoms with van der Waals surface area (Å²) in [6.45, 7) is 7.29. The molecule has 7 heteroatoms. The van der Waals surface area contributed by atoms with Gasteiger partial charge in [0.2, 0.25) is 0 Å². The Hall–Kier alpha value is -4.13. The van der Waals surface area contributed by atoms with Crippen LogP contribution in [0.25, 0.3) is 0 Å². The Bertz CT molecular complexity index is 1160. The first-order chi connectivity index (χ1) is 15.6. The van der Waals surface area contributed by atoms with Gasteiger partial charge in [-0.25, -0.2) is 4.79 Å². The van der Waals surface area contributed by atoms with E-state index in [2.05, 4.69) is 16.0 Å². The molecule has 0 radical (unpaired) electrons. The van der Waals surface area contributed by atoms with E-state index in [1.807, 2.05) is 31.2 Å². The molecule has 0 unspecified atom stereocenters. The number of ether oxygens (including phenoxy) is 1. The second-order valence-electron chi connectivity index (χ2n) is 8.56. The Morgan fingerprint density at radius 2 is 1.12 bits per heavy atom. The van der Waals surface area contributed by atoms with Gasteiger partial charge in [-0.15, -0.1) is 0 Å². The zero-order chi connectivity index (χ0) is 24.0. The highest BCUT2D eigenvalue weighted by molar-refractivity contribution is 6.07. The van der Waals surface area contributed by atoms with Crippen molar-refractivity contribution in [2.24, 2.45) is 0 Å². The third-order valence-electron chi connectivity index (χ3n) is 4.45.